The van der Waals surface area contributed by atoms with Crippen molar-refractivity contribution >= 4 is 5.91 Å². The SMILES string of the molecule is O=C(NCc1ccc2c(c1)OCO2)c1ccc(-n2nc(C(F)(F)F)c3c2-c2ccoc2CC3)cc1. The lowest BCUT2D eigenvalue weighted by Gasteiger charge is -2.15. The fraction of sp³-hybridized carbons (Fsp3) is 0.200. The van der Waals surface area contributed by atoms with Crippen molar-refractivity contribution in [1.82, 2.24) is 15.1 Å². The van der Waals surface area contributed by atoms with E-state index in [2.05, 4.69) is 10.4 Å². The molecule has 3 heterocycles. The average molecular weight is 481 g/mol. The molecule has 1 aliphatic carbocycles. The van der Waals surface area contributed by atoms with E-state index in [4.69, 9.17) is 13.9 Å². The average Bonchev–Trinajstić information content (AvgIpc) is 3.59. The highest BCUT2D eigenvalue weighted by Crippen LogP contribution is 2.42. The number of benzene rings is 2. The van der Waals surface area contributed by atoms with Gasteiger partial charge in [-0.1, -0.05) is 6.07 Å². The number of amides is 1. The maximum absolute atomic E-state index is 13.7. The van der Waals surface area contributed by atoms with Crippen molar-refractivity contribution in [3.63, 3.8) is 0 Å². The van der Waals surface area contributed by atoms with Gasteiger partial charge in [-0.25, -0.2) is 4.68 Å². The minimum Gasteiger partial charge on any atom is -0.469 e. The van der Waals surface area contributed by atoms with E-state index in [1.54, 1.807) is 42.5 Å². The van der Waals surface area contributed by atoms with E-state index in [-0.39, 0.29) is 31.2 Å². The third-order valence-corrected chi connectivity index (χ3v) is 6.12. The maximum Gasteiger partial charge on any atom is 0.435 e. The van der Waals surface area contributed by atoms with E-state index >= 15 is 0 Å². The number of rotatable bonds is 4. The molecule has 178 valence electrons. The molecule has 0 spiro atoms. The van der Waals surface area contributed by atoms with Gasteiger partial charge >= 0.3 is 6.18 Å². The molecule has 6 rings (SSSR count). The number of fused-ring (bicyclic) bond motifs is 4. The normalized spacial score (nSPS) is 13.9. The van der Waals surface area contributed by atoms with Crippen LogP contribution < -0.4 is 14.8 Å². The summed E-state index contributed by atoms with van der Waals surface area (Å²) in [5.41, 5.74) is 1.85. The quantitative estimate of drug-likeness (QED) is 0.448. The number of hydrogen-bond acceptors (Lipinski definition) is 5. The summed E-state index contributed by atoms with van der Waals surface area (Å²) >= 11 is 0. The fourth-order valence-electron chi connectivity index (χ4n) is 4.45. The fourth-order valence-corrected chi connectivity index (χ4v) is 4.45. The second-order valence-electron chi connectivity index (χ2n) is 8.26. The first kappa shape index (κ1) is 21.3. The molecule has 1 amide bonds. The van der Waals surface area contributed by atoms with Crippen LogP contribution in [-0.2, 0) is 25.6 Å². The first-order valence-corrected chi connectivity index (χ1v) is 10.9. The van der Waals surface area contributed by atoms with Gasteiger partial charge in [0.15, 0.2) is 17.2 Å². The molecule has 7 nitrogen and oxygen atoms in total. The number of halogens is 3. The van der Waals surface area contributed by atoms with E-state index in [0.29, 0.717) is 46.2 Å². The Bertz CT molecular complexity index is 1440. The lowest BCUT2D eigenvalue weighted by molar-refractivity contribution is -0.142. The number of aromatic nitrogens is 2. The topological polar surface area (TPSA) is 78.5 Å². The number of hydrogen-bond donors (Lipinski definition) is 1. The van der Waals surface area contributed by atoms with Crippen LogP contribution in [0.15, 0.2) is 59.2 Å². The number of alkyl halides is 3. The van der Waals surface area contributed by atoms with E-state index in [1.165, 1.54) is 10.9 Å². The Kier molecular flexibility index (Phi) is 4.84. The number of nitrogens with one attached hydrogen (secondary N) is 1. The molecule has 0 bridgehead atoms. The number of furan rings is 1. The Hall–Kier alpha value is -4.21. The van der Waals surface area contributed by atoms with Crippen LogP contribution in [0.25, 0.3) is 16.9 Å². The molecule has 10 heteroatoms. The van der Waals surface area contributed by atoms with Crippen molar-refractivity contribution in [2.75, 3.05) is 6.79 Å². The summed E-state index contributed by atoms with van der Waals surface area (Å²) < 4.78 is 58.5. The predicted octanol–water partition coefficient (Wildman–Crippen LogP) is 4.91. The Morgan fingerprint density at radius 1 is 1.03 bits per heavy atom. The second kappa shape index (κ2) is 7.93. The zero-order valence-corrected chi connectivity index (χ0v) is 18.2. The van der Waals surface area contributed by atoms with Crippen LogP contribution in [0.1, 0.15) is 32.9 Å². The van der Waals surface area contributed by atoms with Crippen LogP contribution in [0.2, 0.25) is 0 Å². The molecule has 2 aromatic carbocycles. The number of carbonyl (C=O) groups is 1. The second-order valence-corrected chi connectivity index (χ2v) is 8.26. The number of carbonyl (C=O) groups excluding carboxylic acids is 1. The molecular formula is C25H18F3N3O4. The monoisotopic (exact) mass is 481 g/mol. The predicted molar refractivity (Wildman–Crippen MR) is 117 cm³/mol. The van der Waals surface area contributed by atoms with Gasteiger partial charge in [-0.05, 0) is 54.4 Å². The van der Waals surface area contributed by atoms with E-state index in [9.17, 15) is 18.0 Å². The zero-order chi connectivity index (χ0) is 24.2. The van der Waals surface area contributed by atoms with Crippen molar-refractivity contribution < 1.29 is 31.9 Å². The first-order valence-electron chi connectivity index (χ1n) is 10.9. The van der Waals surface area contributed by atoms with Crippen LogP contribution >= 0.6 is 0 Å². The van der Waals surface area contributed by atoms with Crippen molar-refractivity contribution in [3.05, 3.63) is 82.9 Å². The zero-order valence-electron chi connectivity index (χ0n) is 18.2. The molecule has 4 aromatic rings. The highest BCUT2D eigenvalue weighted by atomic mass is 19.4. The van der Waals surface area contributed by atoms with Gasteiger partial charge < -0.3 is 19.2 Å². The summed E-state index contributed by atoms with van der Waals surface area (Å²) in [6.45, 7) is 0.450. The van der Waals surface area contributed by atoms with Crippen LogP contribution in [0.5, 0.6) is 11.5 Å². The van der Waals surface area contributed by atoms with Crippen molar-refractivity contribution in [2.45, 2.75) is 25.6 Å². The minimum absolute atomic E-state index is 0.150. The maximum atomic E-state index is 13.7. The summed E-state index contributed by atoms with van der Waals surface area (Å²) in [5, 5.41) is 6.75. The molecule has 0 unspecified atom stereocenters. The van der Waals surface area contributed by atoms with Crippen LogP contribution in [0.4, 0.5) is 13.2 Å². The van der Waals surface area contributed by atoms with E-state index in [0.717, 1.165) is 5.56 Å². The summed E-state index contributed by atoms with van der Waals surface area (Å²) in [6.07, 6.45) is -2.54. The van der Waals surface area contributed by atoms with E-state index in [1.807, 2.05) is 6.07 Å². The lowest BCUT2D eigenvalue weighted by atomic mass is 9.94. The smallest absolute Gasteiger partial charge is 0.435 e. The van der Waals surface area contributed by atoms with Gasteiger partial charge in [-0.2, -0.15) is 18.3 Å². The third-order valence-electron chi connectivity index (χ3n) is 6.12. The summed E-state index contributed by atoms with van der Waals surface area (Å²) in [4.78, 5) is 12.6. The van der Waals surface area contributed by atoms with Crippen molar-refractivity contribution in [3.8, 4) is 28.4 Å². The molecule has 0 fully saturated rings. The molecule has 2 aromatic heterocycles. The molecule has 35 heavy (non-hydrogen) atoms. The Morgan fingerprint density at radius 2 is 1.83 bits per heavy atom. The van der Waals surface area contributed by atoms with Gasteiger partial charge in [0, 0.05) is 29.7 Å². The number of ether oxygens (including phenoxy) is 2. The lowest BCUT2D eigenvalue weighted by Crippen LogP contribution is -2.22. The summed E-state index contributed by atoms with van der Waals surface area (Å²) in [5.74, 6) is 1.60. The molecule has 2 aliphatic rings. The third kappa shape index (κ3) is 3.71. The highest BCUT2D eigenvalue weighted by Gasteiger charge is 2.41. The van der Waals surface area contributed by atoms with Gasteiger partial charge in [0.2, 0.25) is 6.79 Å². The van der Waals surface area contributed by atoms with Crippen molar-refractivity contribution in [1.29, 1.82) is 0 Å². The minimum atomic E-state index is -4.58. The molecule has 0 radical (unpaired) electrons. The van der Waals surface area contributed by atoms with Crippen LogP contribution in [-0.4, -0.2) is 22.5 Å². The molecule has 1 N–H and O–H groups in total. The highest BCUT2D eigenvalue weighted by molar-refractivity contribution is 5.94. The van der Waals surface area contributed by atoms with Gasteiger partial charge in [0.05, 0.1) is 17.6 Å². The van der Waals surface area contributed by atoms with Gasteiger partial charge in [0.25, 0.3) is 5.91 Å². The van der Waals surface area contributed by atoms with Crippen LogP contribution in [0, 0.1) is 0 Å². The molecule has 0 saturated carbocycles. The van der Waals surface area contributed by atoms with Gasteiger partial charge in [-0.3, -0.25) is 4.79 Å². The standard InChI is InChI=1S/C25H18F3N3O4/c26-25(27,28)23-18-6-8-19-17(9-10-33-19)22(18)31(30-23)16-4-2-15(3-5-16)24(32)29-12-14-1-7-20-21(11-14)35-13-34-20/h1-5,7,9-11H,6,8,12-13H2,(H,29,32). The largest absolute Gasteiger partial charge is 0.469 e. The van der Waals surface area contributed by atoms with Crippen LogP contribution in [0.3, 0.4) is 0 Å². The van der Waals surface area contributed by atoms with Crippen molar-refractivity contribution in [2.24, 2.45) is 0 Å². The molecular weight excluding hydrogens is 463 g/mol. The summed E-state index contributed by atoms with van der Waals surface area (Å²) in [7, 11) is 0. The Morgan fingerprint density at radius 3 is 2.63 bits per heavy atom. The number of nitrogens with zero attached hydrogens (tertiary/aromatic N) is 2. The molecule has 1 aliphatic heterocycles. The Balaban J connectivity index is 1.26. The van der Waals surface area contributed by atoms with E-state index < -0.39 is 11.9 Å². The van der Waals surface area contributed by atoms with Gasteiger partial charge in [-0.15, -0.1) is 0 Å². The number of aryl methyl sites for hydroxylation is 1. The summed E-state index contributed by atoms with van der Waals surface area (Å²) in [6, 6.07) is 13.4. The first-order chi connectivity index (χ1) is 16.9. The molecule has 0 atom stereocenters. The Labute approximate surface area is 197 Å². The van der Waals surface area contributed by atoms with Gasteiger partial charge in [0.1, 0.15) is 5.76 Å². The molecule has 0 saturated heterocycles.